The van der Waals surface area contributed by atoms with Crippen molar-refractivity contribution < 1.29 is 21.1 Å². The Hall–Kier alpha value is -3.53. The second kappa shape index (κ2) is 13.5. The maximum atomic E-state index is 4.94. The number of aryl methyl sites for hydroxylation is 1. The van der Waals surface area contributed by atoms with Gasteiger partial charge in [0.25, 0.3) is 0 Å². The molecule has 176 valence electrons. The first-order chi connectivity index (χ1) is 17.1. The number of para-hydroxylation sites is 2. The van der Waals surface area contributed by atoms with Gasteiger partial charge in [0, 0.05) is 34.3 Å². The fourth-order valence-corrected chi connectivity index (χ4v) is 3.61. The van der Waals surface area contributed by atoms with Crippen LogP contribution in [0.25, 0.3) is 21.8 Å². The molecule has 0 N–H and O–H groups in total. The van der Waals surface area contributed by atoms with Gasteiger partial charge in [-0.2, -0.15) is 9.79 Å². The minimum absolute atomic E-state index is 0. The summed E-state index contributed by atoms with van der Waals surface area (Å²) in [5, 5.41) is 2.18. The quantitative estimate of drug-likeness (QED) is 0.137. The monoisotopic (exact) mass is 679 g/mol. The van der Waals surface area contributed by atoms with E-state index in [0.29, 0.717) is 0 Å². The molecule has 0 atom stereocenters. The van der Waals surface area contributed by atoms with E-state index in [4.69, 9.17) is 25.3 Å². The van der Waals surface area contributed by atoms with Crippen molar-refractivity contribution in [3.05, 3.63) is 120 Å². The van der Waals surface area contributed by atoms with E-state index in [1.54, 1.807) is 24.5 Å². The summed E-state index contributed by atoms with van der Waals surface area (Å²) in [7, 11) is 0. The number of hydrogen-bond acceptors (Lipinski definition) is 4. The number of rotatable bonds is 0. The fourth-order valence-electron chi connectivity index (χ4n) is 3.23. The zero-order chi connectivity index (χ0) is 24.5. The molecule has 5 heteroatoms. The van der Waals surface area contributed by atoms with Crippen molar-refractivity contribution in [3.63, 3.8) is 0 Å². The van der Waals surface area contributed by atoms with Crippen LogP contribution in [0.5, 0.6) is 0 Å². The molecule has 0 radical (unpaired) electrons. The van der Waals surface area contributed by atoms with Gasteiger partial charge < -0.3 is 25.3 Å². The first-order valence-corrected chi connectivity index (χ1v) is 11.7. The standard InChI is InChI=1S/C24H14N2.C7H8S2.Pt/c1(3-9-19-15-21-11-5-7-13-23(21)25-17-19)2-4-10-20-16-22-12-6-8-14-24(22)26-18-20;1-5-2-3-6(8)7(9)4-5;/h1-2,5-8,11-18H;2-4,8-9H,1H3;/q;;+2/p-2/b2-1-;;. The summed E-state index contributed by atoms with van der Waals surface area (Å²) in [6.07, 6.45) is 7.07. The van der Waals surface area contributed by atoms with Crippen LogP contribution in [0.1, 0.15) is 16.7 Å². The van der Waals surface area contributed by atoms with Gasteiger partial charge in [0.1, 0.15) is 0 Å². The predicted molar refractivity (Wildman–Crippen MR) is 149 cm³/mol. The van der Waals surface area contributed by atoms with Crippen LogP contribution in [0.15, 0.2) is 113 Å². The third-order valence-electron chi connectivity index (χ3n) is 4.96. The van der Waals surface area contributed by atoms with Gasteiger partial charge in [-0.3, -0.25) is 9.97 Å². The number of allylic oxidation sites excluding steroid dienone is 2. The van der Waals surface area contributed by atoms with Crippen molar-refractivity contribution >= 4 is 47.1 Å². The second-order valence-corrected chi connectivity index (χ2v) is 8.54. The normalized spacial score (nSPS) is 9.81. The molecule has 2 heterocycles. The minimum atomic E-state index is 0. The van der Waals surface area contributed by atoms with Crippen molar-refractivity contribution in [3.8, 4) is 23.7 Å². The number of hydrogen-bond donors (Lipinski definition) is 0. The van der Waals surface area contributed by atoms with Crippen LogP contribution < -0.4 is 0 Å². The first-order valence-electron chi connectivity index (χ1n) is 10.9. The number of pyridine rings is 2. The zero-order valence-corrected chi connectivity index (χ0v) is 23.2. The smallest absolute Gasteiger partial charge is 0.781 e. The van der Waals surface area contributed by atoms with Gasteiger partial charge in [0.05, 0.1) is 11.0 Å². The Morgan fingerprint density at radius 3 is 1.61 bits per heavy atom. The Morgan fingerprint density at radius 2 is 1.14 bits per heavy atom. The SMILES string of the molecule is C(#Cc1cnc2ccccc2c1)/C=C\C#Cc1cnc2ccccc2c1.Cc1ccc([S-])c([S-])c1.[Pt+2]. The maximum absolute atomic E-state index is 4.94. The molecule has 0 saturated carbocycles. The van der Waals surface area contributed by atoms with E-state index in [-0.39, 0.29) is 21.1 Å². The number of benzene rings is 3. The van der Waals surface area contributed by atoms with E-state index in [1.165, 1.54) is 5.56 Å². The van der Waals surface area contributed by atoms with E-state index >= 15 is 0 Å². The third kappa shape index (κ3) is 7.74. The maximum Gasteiger partial charge on any atom is 2.00 e. The average Bonchev–Trinajstić information content (AvgIpc) is 2.88. The van der Waals surface area contributed by atoms with Crippen LogP contribution in [0.2, 0.25) is 0 Å². The molecule has 0 unspecified atom stereocenters. The van der Waals surface area contributed by atoms with Crippen LogP contribution in [0.3, 0.4) is 0 Å². The summed E-state index contributed by atoms with van der Waals surface area (Å²) in [5.74, 6) is 12.1. The molecule has 36 heavy (non-hydrogen) atoms. The Kier molecular flexibility index (Phi) is 10.2. The van der Waals surface area contributed by atoms with Crippen LogP contribution in [-0.2, 0) is 46.3 Å². The third-order valence-corrected chi connectivity index (χ3v) is 5.79. The van der Waals surface area contributed by atoms with Crippen molar-refractivity contribution in [1.82, 2.24) is 9.97 Å². The molecule has 2 nitrogen and oxygen atoms in total. The van der Waals surface area contributed by atoms with E-state index in [1.807, 2.05) is 85.8 Å². The Morgan fingerprint density at radius 1 is 0.639 bits per heavy atom. The number of nitrogens with zero attached hydrogens (tertiary/aromatic N) is 2. The molecule has 0 aliphatic carbocycles. The van der Waals surface area contributed by atoms with Crippen molar-refractivity contribution in [2.75, 3.05) is 0 Å². The van der Waals surface area contributed by atoms with Gasteiger partial charge in [-0.15, -0.1) is 0 Å². The van der Waals surface area contributed by atoms with Gasteiger partial charge >= 0.3 is 21.1 Å². The van der Waals surface area contributed by atoms with Crippen LogP contribution in [0.4, 0.5) is 0 Å². The molecule has 5 aromatic rings. The van der Waals surface area contributed by atoms with Crippen LogP contribution in [-0.4, -0.2) is 9.97 Å². The van der Waals surface area contributed by atoms with Gasteiger partial charge in [0.15, 0.2) is 0 Å². The van der Waals surface area contributed by atoms with E-state index in [0.717, 1.165) is 42.7 Å². The molecule has 0 aliphatic heterocycles. The molecule has 3 aromatic carbocycles. The molecule has 5 rings (SSSR count). The topological polar surface area (TPSA) is 25.8 Å². The molecule has 0 aliphatic rings. The summed E-state index contributed by atoms with van der Waals surface area (Å²) >= 11 is 9.85. The van der Waals surface area contributed by atoms with Crippen molar-refractivity contribution in [2.24, 2.45) is 0 Å². The molecule has 0 spiro atoms. The summed E-state index contributed by atoms with van der Waals surface area (Å²) < 4.78 is 0. The molecule has 0 amide bonds. The fraction of sp³-hybridized carbons (Fsp3) is 0.0323. The van der Waals surface area contributed by atoms with Crippen molar-refractivity contribution in [1.29, 1.82) is 0 Å². The molecule has 0 saturated heterocycles. The van der Waals surface area contributed by atoms with Crippen molar-refractivity contribution in [2.45, 2.75) is 16.7 Å². The number of aromatic nitrogens is 2. The van der Waals surface area contributed by atoms with Crippen LogP contribution >= 0.6 is 0 Å². The molecular formula is C31H20N2PtS2. The van der Waals surface area contributed by atoms with Crippen LogP contribution in [0, 0.1) is 30.6 Å². The van der Waals surface area contributed by atoms with E-state index in [9.17, 15) is 0 Å². The molecule has 0 fully saturated rings. The number of fused-ring (bicyclic) bond motifs is 2. The Labute approximate surface area is 237 Å². The summed E-state index contributed by atoms with van der Waals surface area (Å²) in [6, 6.07) is 25.8. The summed E-state index contributed by atoms with van der Waals surface area (Å²) in [5.41, 5.74) is 4.90. The zero-order valence-electron chi connectivity index (χ0n) is 19.3. The average molecular weight is 680 g/mol. The van der Waals surface area contributed by atoms with Gasteiger partial charge in [-0.25, -0.2) is 0 Å². The van der Waals surface area contributed by atoms with Gasteiger partial charge in [-0.05, 0) is 43.3 Å². The Balaban J connectivity index is 0.000000307. The minimum Gasteiger partial charge on any atom is -0.781 e. The van der Waals surface area contributed by atoms with Gasteiger partial charge in [0.2, 0.25) is 0 Å². The molecule has 2 aromatic heterocycles. The van der Waals surface area contributed by atoms with Gasteiger partial charge in [-0.1, -0.05) is 83.8 Å². The first kappa shape index (κ1) is 27.1. The summed E-state index contributed by atoms with van der Waals surface area (Å²) in [4.78, 5) is 10.4. The van der Waals surface area contributed by atoms with E-state index < -0.39 is 0 Å². The Bertz CT molecular complexity index is 1550. The van der Waals surface area contributed by atoms with E-state index in [2.05, 4.69) is 33.6 Å². The predicted octanol–water partition coefficient (Wildman–Crippen LogP) is 6.55. The molecule has 0 bridgehead atoms. The largest absolute Gasteiger partial charge is 2.00 e. The molecular weight excluding hydrogens is 660 g/mol. The summed E-state index contributed by atoms with van der Waals surface area (Å²) in [6.45, 7) is 2.00. The second-order valence-electron chi connectivity index (χ2n) is 7.66.